The molecule has 1 heterocycles. The molecule has 1 aliphatic heterocycles. The Hall–Kier alpha value is -0.860. The molecule has 2 heteroatoms. The lowest BCUT2D eigenvalue weighted by Crippen LogP contribution is -2.26. The predicted molar refractivity (Wildman–Crippen MR) is 73.7 cm³/mol. The zero-order valence-corrected chi connectivity index (χ0v) is 11.5. The third-order valence-corrected chi connectivity index (χ3v) is 3.90. The Kier molecular flexibility index (Phi) is 4.79. The highest BCUT2D eigenvalue weighted by Gasteiger charge is 2.24. The summed E-state index contributed by atoms with van der Waals surface area (Å²) in [7, 11) is 0. The number of ether oxygens (including phenoxy) is 1. The molecule has 18 heavy (non-hydrogen) atoms. The van der Waals surface area contributed by atoms with Crippen LogP contribution in [0.1, 0.15) is 55.9 Å². The number of hydrogen-bond donors (Lipinski definition) is 1. The molecule has 0 bridgehead atoms. The summed E-state index contributed by atoms with van der Waals surface area (Å²) in [6.45, 7) is 5.13. The Morgan fingerprint density at radius 2 is 2.00 bits per heavy atom. The van der Waals surface area contributed by atoms with Crippen LogP contribution in [0.5, 0.6) is 0 Å². The summed E-state index contributed by atoms with van der Waals surface area (Å²) in [5, 5.41) is 10.4. The fourth-order valence-corrected chi connectivity index (χ4v) is 2.73. The van der Waals surface area contributed by atoms with E-state index in [0.29, 0.717) is 0 Å². The Morgan fingerprint density at radius 3 is 2.61 bits per heavy atom. The van der Waals surface area contributed by atoms with Crippen molar-refractivity contribution in [2.24, 2.45) is 0 Å². The summed E-state index contributed by atoms with van der Waals surface area (Å²) in [6, 6.07) is 6.36. The number of benzene rings is 1. The summed E-state index contributed by atoms with van der Waals surface area (Å²) >= 11 is 0. The minimum absolute atomic E-state index is 0.0177. The normalized spacial score (nSPS) is 21.8. The molecule has 1 saturated heterocycles. The largest absolute Gasteiger partial charge is 0.386 e. The van der Waals surface area contributed by atoms with Gasteiger partial charge in [-0.15, -0.1) is 0 Å². The molecule has 1 N–H and O–H groups in total. The molecular formula is C16H24O2. The number of aliphatic hydroxyl groups is 1. The standard InChI is InChI=1S/C16H24O2/c1-3-12-8-9-14(11-13(12)4-2)16(17)15-7-5-6-10-18-15/h8-9,11,15-17H,3-7,10H2,1-2H3. The van der Waals surface area contributed by atoms with Crippen molar-refractivity contribution in [3.63, 3.8) is 0 Å². The highest BCUT2D eigenvalue weighted by atomic mass is 16.5. The van der Waals surface area contributed by atoms with E-state index in [4.69, 9.17) is 4.74 Å². The number of aliphatic hydroxyl groups excluding tert-OH is 1. The Labute approximate surface area is 110 Å². The van der Waals surface area contributed by atoms with Crippen LogP contribution in [0.3, 0.4) is 0 Å². The fourth-order valence-electron chi connectivity index (χ4n) is 2.73. The number of aryl methyl sites for hydroxylation is 2. The molecule has 0 amide bonds. The molecule has 1 aliphatic rings. The summed E-state index contributed by atoms with van der Waals surface area (Å²) in [5.74, 6) is 0. The van der Waals surface area contributed by atoms with Crippen molar-refractivity contribution < 1.29 is 9.84 Å². The Bertz CT molecular complexity index is 381. The molecule has 0 aliphatic carbocycles. The first kappa shape index (κ1) is 13.6. The molecule has 2 unspecified atom stereocenters. The van der Waals surface area contributed by atoms with Gasteiger partial charge in [-0.05, 0) is 48.8 Å². The molecule has 0 spiro atoms. The minimum atomic E-state index is -0.471. The van der Waals surface area contributed by atoms with E-state index in [9.17, 15) is 5.11 Å². The number of rotatable bonds is 4. The van der Waals surface area contributed by atoms with Gasteiger partial charge >= 0.3 is 0 Å². The van der Waals surface area contributed by atoms with E-state index >= 15 is 0 Å². The highest BCUT2D eigenvalue weighted by molar-refractivity contribution is 5.33. The van der Waals surface area contributed by atoms with Gasteiger partial charge in [0.1, 0.15) is 6.10 Å². The molecular weight excluding hydrogens is 224 g/mol. The average molecular weight is 248 g/mol. The third-order valence-electron chi connectivity index (χ3n) is 3.90. The van der Waals surface area contributed by atoms with Crippen molar-refractivity contribution in [3.05, 3.63) is 34.9 Å². The smallest absolute Gasteiger partial charge is 0.105 e. The summed E-state index contributed by atoms with van der Waals surface area (Å²) in [4.78, 5) is 0. The predicted octanol–water partition coefficient (Wildman–Crippen LogP) is 3.41. The maximum atomic E-state index is 10.4. The first-order valence-electron chi connectivity index (χ1n) is 7.17. The molecule has 2 nitrogen and oxygen atoms in total. The average Bonchev–Trinajstić information content (AvgIpc) is 2.46. The van der Waals surface area contributed by atoms with Gasteiger partial charge in [0.25, 0.3) is 0 Å². The van der Waals surface area contributed by atoms with Crippen LogP contribution in [0.15, 0.2) is 18.2 Å². The molecule has 2 atom stereocenters. The van der Waals surface area contributed by atoms with E-state index < -0.39 is 6.10 Å². The van der Waals surface area contributed by atoms with Crippen LogP contribution in [0.4, 0.5) is 0 Å². The molecule has 1 fully saturated rings. The van der Waals surface area contributed by atoms with E-state index in [1.54, 1.807) is 0 Å². The lowest BCUT2D eigenvalue weighted by molar-refractivity contribution is -0.0633. The summed E-state index contributed by atoms with van der Waals surface area (Å²) in [5.41, 5.74) is 3.75. The minimum Gasteiger partial charge on any atom is -0.386 e. The SMILES string of the molecule is CCc1ccc(C(O)C2CCCCO2)cc1CC. The maximum Gasteiger partial charge on any atom is 0.105 e. The van der Waals surface area contributed by atoms with Crippen molar-refractivity contribution in [2.45, 2.75) is 58.2 Å². The van der Waals surface area contributed by atoms with Gasteiger partial charge in [-0.2, -0.15) is 0 Å². The van der Waals surface area contributed by atoms with Crippen molar-refractivity contribution in [3.8, 4) is 0 Å². The van der Waals surface area contributed by atoms with E-state index in [0.717, 1.165) is 44.3 Å². The van der Waals surface area contributed by atoms with E-state index in [2.05, 4.69) is 32.0 Å². The van der Waals surface area contributed by atoms with Gasteiger partial charge in [0.15, 0.2) is 0 Å². The molecule has 0 radical (unpaired) electrons. The van der Waals surface area contributed by atoms with Crippen LogP contribution >= 0.6 is 0 Å². The van der Waals surface area contributed by atoms with Crippen molar-refractivity contribution >= 4 is 0 Å². The zero-order valence-electron chi connectivity index (χ0n) is 11.5. The van der Waals surface area contributed by atoms with Crippen LogP contribution in [0.25, 0.3) is 0 Å². The van der Waals surface area contributed by atoms with E-state index in [1.807, 2.05) is 0 Å². The highest BCUT2D eigenvalue weighted by Crippen LogP contribution is 2.27. The second-order valence-electron chi connectivity index (χ2n) is 5.09. The monoisotopic (exact) mass is 248 g/mol. The van der Waals surface area contributed by atoms with E-state index in [1.165, 1.54) is 11.1 Å². The van der Waals surface area contributed by atoms with Gasteiger partial charge in [-0.25, -0.2) is 0 Å². The van der Waals surface area contributed by atoms with Crippen LogP contribution in [0, 0.1) is 0 Å². The second kappa shape index (κ2) is 6.35. The van der Waals surface area contributed by atoms with Crippen molar-refractivity contribution in [1.29, 1.82) is 0 Å². The summed E-state index contributed by atoms with van der Waals surface area (Å²) < 4.78 is 5.67. The zero-order chi connectivity index (χ0) is 13.0. The van der Waals surface area contributed by atoms with E-state index in [-0.39, 0.29) is 6.10 Å². The second-order valence-corrected chi connectivity index (χ2v) is 5.09. The van der Waals surface area contributed by atoms with Gasteiger partial charge < -0.3 is 9.84 Å². The molecule has 100 valence electrons. The lowest BCUT2D eigenvalue weighted by Gasteiger charge is -2.27. The Morgan fingerprint density at radius 1 is 1.22 bits per heavy atom. The van der Waals surface area contributed by atoms with Crippen molar-refractivity contribution in [2.75, 3.05) is 6.61 Å². The quantitative estimate of drug-likeness (QED) is 0.884. The third kappa shape index (κ3) is 2.93. The molecule has 1 aromatic rings. The van der Waals surface area contributed by atoms with Crippen LogP contribution in [-0.4, -0.2) is 17.8 Å². The lowest BCUT2D eigenvalue weighted by atomic mass is 9.93. The molecule has 0 saturated carbocycles. The topological polar surface area (TPSA) is 29.5 Å². The summed E-state index contributed by atoms with van der Waals surface area (Å²) in [6.07, 6.45) is 4.85. The van der Waals surface area contributed by atoms with Gasteiger partial charge in [0.2, 0.25) is 0 Å². The fraction of sp³-hybridized carbons (Fsp3) is 0.625. The Balaban J connectivity index is 2.16. The molecule has 2 rings (SSSR count). The van der Waals surface area contributed by atoms with Crippen LogP contribution in [-0.2, 0) is 17.6 Å². The van der Waals surface area contributed by atoms with Crippen LogP contribution < -0.4 is 0 Å². The van der Waals surface area contributed by atoms with Gasteiger partial charge in [-0.3, -0.25) is 0 Å². The van der Waals surface area contributed by atoms with Gasteiger partial charge in [0, 0.05) is 6.61 Å². The molecule has 1 aromatic carbocycles. The van der Waals surface area contributed by atoms with Crippen LogP contribution in [0.2, 0.25) is 0 Å². The first-order valence-corrected chi connectivity index (χ1v) is 7.17. The first-order chi connectivity index (χ1) is 8.76. The van der Waals surface area contributed by atoms with Crippen molar-refractivity contribution in [1.82, 2.24) is 0 Å². The molecule has 0 aromatic heterocycles. The van der Waals surface area contributed by atoms with Gasteiger partial charge in [-0.1, -0.05) is 32.0 Å². The maximum absolute atomic E-state index is 10.4. The van der Waals surface area contributed by atoms with Gasteiger partial charge in [0.05, 0.1) is 6.10 Å². The number of hydrogen-bond acceptors (Lipinski definition) is 2.